The predicted octanol–water partition coefficient (Wildman–Crippen LogP) is 4.43. The molecular formula is C29H31N3O5S. The van der Waals surface area contributed by atoms with Crippen LogP contribution in [-0.2, 0) is 9.53 Å². The number of ether oxygens (including phenoxy) is 2. The van der Waals surface area contributed by atoms with Crippen molar-refractivity contribution < 1.29 is 24.2 Å². The highest BCUT2D eigenvalue weighted by Gasteiger charge is 2.44. The third-order valence-corrected chi connectivity index (χ3v) is 8.02. The molecule has 1 atom stereocenters. The van der Waals surface area contributed by atoms with E-state index in [1.54, 1.807) is 11.8 Å². The number of morpholine rings is 1. The number of rotatable bonds is 9. The van der Waals surface area contributed by atoms with Gasteiger partial charge < -0.3 is 19.5 Å². The van der Waals surface area contributed by atoms with Crippen LogP contribution in [0.1, 0.15) is 33.9 Å². The van der Waals surface area contributed by atoms with E-state index in [4.69, 9.17) is 9.47 Å². The summed E-state index contributed by atoms with van der Waals surface area (Å²) in [5.74, 6) is -0.783. The topological polar surface area (TPSA) is 92.2 Å². The van der Waals surface area contributed by atoms with Gasteiger partial charge in [-0.15, -0.1) is 11.3 Å². The summed E-state index contributed by atoms with van der Waals surface area (Å²) >= 11 is 1.27. The number of hydrogen-bond acceptors (Lipinski definition) is 8. The van der Waals surface area contributed by atoms with Gasteiger partial charge in [-0.2, -0.15) is 0 Å². The fourth-order valence-electron chi connectivity index (χ4n) is 4.91. The summed E-state index contributed by atoms with van der Waals surface area (Å²) in [7, 11) is 0. The normalized spacial score (nSPS) is 18.3. The number of hydrogen-bond donors (Lipinski definition) is 1. The Morgan fingerprint density at radius 3 is 2.63 bits per heavy atom. The van der Waals surface area contributed by atoms with Crippen molar-refractivity contribution in [3.63, 3.8) is 0 Å². The fraction of sp³-hybridized carbons (Fsp3) is 0.345. The number of aryl methyl sites for hydroxylation is 1. The molecule has 0 spiro atoms. The van der Waals surface area contributed by atoms with E-state index in [-0.39, 0.29) is 11.4 Å². The lowest BCUT2D eigenvalue weighted by Gasteiger charge is -2.31. The summed E-state index contributed by atoms with van der Waals surface area (Å²) in [4.78, 5) is 36.3. The molecular weight excluding hydrogens is 502 g/mol. The number of Topliss-reactive ketones (excluding diaryl/α,β-unsaturated/α-hetero) is 1. The van der Waals surface area contributed by atoms with Crippen LogP contribution in [0.4, 0.5) is 0 Å². The van der Waals surface area contributed by atoms with Crippen molar-refractivity contribution >= 4 is 23.0 Å². The van der Waals surface area contributed by atoms with Crippen LogP contribution in [0.5, 0.6) is 5.75 Å². The zero-order valence-corrected chi connectivity index (χ0v) is 22.4. The van der Waals surface area contributed by atoms with Crippen molar-refractivity contribution in [3.05, 3.63) is 82.1 Å². The van der Waals surface area contributed by atoms with Crippen molar-refractivity contribution in [3.8, 4) is 16.3 Å². The zero-order chi connectivity index (χ0) is 26.6. The monoisotopic (exact) mass is 533 g/mol. The second-order valence-electron chi connectivity index (χ2n) is 9.25. The van der Waals surface area contributed by atoms with Gasteiger partial charge in [-0.3, -0.25) is 14.5 Å². The second-order valence-corrected chi connectivity index (χ2v) is 10.3. The molecule has 38 heavy (non-hydrogen) atoms. The first-order chi connectivity index (χ1) is 18.5. The molecule has 1 saturated heterocycles. The summed E-state index contributed by atoms with van der Waals surface area (Å²) in [6.45, 7) is 8.00. The van der Waals surface area contributed by atoms with E-state index in [9.17, 15) is 14.7 Å². The van der Waals surface area contributed by atoms with Gasteiger partial charge in [-0.1, -0.05) is 42.5 Å². The van der Waals surface area contributed by atoms with Gasteiger partial charge in [-0.05, 0) is 31.5 Å². The van der Waals surface area contributed by atoms with Gasteiger partial charge in [0.15, 0.2) is 5.76 Å². The van der Waals surface area contributed by atoms with E-state index in [2.05, 4.69) is 9.88 Å². The van der Waals surface area contributed by atoms with Crippen molar-refractivity contribution in [1.29, 1.82) is 0 Å². The molecule has 1 N–H and O–H groups in total. The van der Waals surface area contributed by atoms with E-state index in [1.165, 1.54) is 11.3 Å². The summed E-state index contributed by atoms with van der Waals surface area (Å²) in [6.07, 6.45) is 0. The first-order valence-electron chi connectivity index (χ1n) is 12.8. The smallest absolute Gasteiger partial charge is 0.290 e. The molecule has 1 amide bonds. The van der Waals surface area contributed by atoms with Crippen molar-refractivity contribution in [2.75, 3.05) is 46.0 Å². The summed E-state index contributed by atoms with van der Waals surface area (Å²) in [5, 5.41) is 11.8. The number of amides is 1. The minimum atomic E-state index is -0.738. The third kappa shape index (κ3) is 5.22. The summed E-state index contributed by atoms with van der Waals surface area (Å²) in [6, 6.07) is 16.3. The average Bonchev–Trinajstić information content (AvgIpc) is 3.45. The van der Waals surface area contributed by atoms with E-state index in [1.807, 2.05) is 61.5 Å². The van der Waals surface area contributed by atoms with Crippen LogP contribution < -0.4 is 4.74 Å². The number of carbonyl (C=O) groups excluding carboxylic acids is 2. The van der Waals surface area contributed by atoms with Gasteiger partial charge in [0.05, 0.1) is 42.0 Å². The number of benzene rings is 2. The maximum absolute atomic E-state index is 14.0. The Labute approximate surface area is 226 Å². The molecule has 9 heteroatoms. The Morgan fingerprint density at radius 2 is 1.89 bits per heavy atom. The van der Waals surface area contributed by atoms with E-state index in [0.717, 1.165) is 23.7 Å². The fourth-order valence-corrected chi connectivity index (χ4v) is 5.94. The molecule has 5 rings (SSSR count). The van der Waals surface area contributed by atoms with Crippen LogP contribution in [0.15, 0.2) is 65.9 Å². The predicted molar refractivity (Wildman–Crippen MR) is 146 cm³/mol. The molecule has 198 valence electrons. The number of aromatic nitrogens is 1. The lowest BCUT2D eigenvalue weighted by atomic mass is 9.95. The van der Waals surface area contributed by atoms with Crippen LogP contribution in [0, 0.1) is 6.92 Å². The number of ketones is 1. The Bertz CT molecular complexity index is 1350. The first-order valence-corrected chi connectivity index (χ1v) is 13.6. The lowest BCUT2D eigenvalue weighted by molar-refractivity contribution is -0.129. The molecule has 2 aromatic carbocycles. The van der Waals surface area contributed by atoms with E-state index < -0.39 is 17.7 Å². The molecule has 1 unspecified atom stereocenters. The van der Waals surface area contributed by atoms with Gasteiger partial charge in [0.2, 0.25) is 5.78 Å². The molecule has 0 aliphatic carbocycles. The van der Waals surface area contributed by atoms with Crippen molar-refractivity contribution in [2.45, 2.75) is 19.9 Å². The molecule has 3 aromatic rings. The highest BCUT2D eigenvalue weighted by molar-refractivity contribution is 7.17. The number of thiazole rings is 1. The Morgan fingerprint density at radius 1 is 1.13 bits per heavy atom. The second kappa shape index (κ2) is 11.5. The average molecular weight is 534 g/mol. The van der Waals surface area contributed by atoms with Crippen LogP contribution in [0.3, 0.4) is 0 Å². The van der Waals surface area contributed by atoms with Crippen LogP contribution in [-0.4, -0.2) is 77.6 Å². The van der Waals surface area contributed by atoms with Gasteiger partial charge in [0, 0.05) is 31.7 Å². The minimum Gasteiger partial charge on any atom is -0.503 e. The largest absolute Gasteiger partial charge is 0.503 e. The molecule has 1 fully saturated rings. The van der Waals surface area contributed by atoms with E-state index in [0.29, 0.717) is 54.8 Å². The molecule has 8 nitrogen and oxygen atoms in total. The van der Waals surface area contributed by atoms with Crippen LogP contribution >= 0.6 is 11.3 Å². The van der Waals surface area contributed by atoms with Crippen LogP contribution in [0.2, 0.25) is 0 Å². The van der Waals surface area contributed by atoms with Crippen molar-refractivity contribution in [2.24, 2.45) is 0 Å². The molecule has 0 bridgehead atoms. The van der Waals surface area contributed by atoms with Gasteiger partial charge >= 0.3 is 0 Å². The van der Waals surface area contributed by atoms with Gasteiger partial charge in [0.1, 0.15) is 10.8 Å². The summed E-state index contributed by atoms with van der Waals surface area (Å²) < 4.78 is 11.2. The lowest BCUT2D eigenvalue weighted by Crippen LogP contribution is -2.43. The number of carbonyl (C=O) groups is 2. The van der Waals surface area contributed by atoms with Crippen molar-refractivity contribution in [1.82, 2.24) is 14.8 Å². The Balaban J connectivity index is 1.51. The highest BCUT2D eigenvalue weighted by Crippen LogP contribution is 2.41. The number of nitrogens with zero attached hydrogens (tertiary/aromatic N) is 3. The Hall–Kier alpha value is -3.53. The molecule has 2 aliphatic heterocycles. The number of aliphatic hydroxyl groups is 1. The van der Waals surface area contributed by atoms with Gasteiger partial charge in [0.25, 0.3) is 5.91 Å². The molecule has 3 heterocycles. The first kappa shape index (κ1) is 26.1. The van der Waals surface area contributed by atoms with Crippen LogP contribution in [0.25, 0.3) is 10.6 Å². The highest BCUT2D eigenvalue weighted by atomic mass is 32.1. The maximum atomic E-state index is 14.0. The maximum Gasteiger partial charge on any atom is 0.290 e. The molecule has 2 aliphatic rings. The molecule has 0 saturated carbocycles. The summed E-state index contributed by atoms with van der Waals surface area (Å²) in [5.41, 5.74) is 2.27. The SMILES string of the molecule is CCOc1cccc(C2C(C(=O)c3sc(-c4ccccc4)nc3C)=C(O)C(=O)N2CCN2CCOCC2)c1. The van der Waals surface area contributed by atoms with Gasteiger partial charge in [-0.25, -0.2) is 4.98 Å². The standard InChI is InChI=1S/C29H31N3O5S/c1-3-37-22-11-7-10-21(18-22)24-23(26(34)29(35)32(24)13-12-31-14-16-36-17-15-31)25(33)27-19(2)30-28(38-27)20-8-5-4-6-9-20/h4-11,18,24,34H,3,12-17H2,1-2H3. The minimum absolute atomic E-state index is 0.0805. The quantitative estimate of drug-likeness (QED) is 0.407. The Kier molecular flexibility index (Phi) is 7.87. The number of aliphatic hydroxyl groups excluding tert-OH is 1. The molecule has 1 aromatic heterocycles. The van der Waals surface area contributed by atoms with E-state index >= 15 is 0 Å². The zero-order valence-electron chi connectivity index (χ0n) is 21.6. The molecule has 0 radical (unpaired) electrons. The third-order valence-electron chi connectivity index (χ3n) is 6.82.